The second-order valence-corrected chi connectivity index (χ2v) is 3.68. The van der Waals surface area contributed by atoms with Crippen LogP contribution in [0, 0.1) is 13.8 Å². The van der Waals surface area contributed by atoms with Gasteiger partial charge in [-0.2, -0.15) is 5.10 Å². The highest BCUT2D eigenvalue weighted by Crippen LogP contribution is 2.43. The van der Waals surface area contributed by atoms with E-state index in [4.69, 9.17) is 5.11 Å². The topological polar surface area (TPSA) is 55.1 Å². The molecule has 13 heavy (non-hydrogen) atoms. The Morgan fingerprint density at radius 3 is 2.54 bits per heavy atom. The predicted octanol–water partition coefficient (Wildman–Crippen LogP) is 1.07. The molecule has 0 amide bonds. The molecule has 0 saturated heterocycles. The van der Waals surface area contributed by atoms with Crippen molar-refractivity contribution in [1.82, 2.24) is 9.78 Å². The van der Waals surface area contributed by atoms with Crippen molar-refractivity contribution < 1.29 is 9.90 Å². The van der Waals surface area contributed by atoms with E-state index in [1.54, 1.807) is 4.68 Å². The minimum Gasteiger partial charge on any atom is -0.479 e. The molecular formula is C9H12N2O2. The number of rotatable bonds is 2. The Kier molecular flexibility index (Phi) is 1.49. The Morgan fingerprint density at radius 2 is 2.23 bits per heavy atom. The monoisotopic (exact) mass is 180 g/mol. The van der Waals surface area contributed by atoms with E-state index in [-0.39, 0.29) is 0 Å². The summed E-state index contributed by atoms with van der Waals surface area (Å²) >= 11 is 0. The van der Waals surface area contributed by atoms with Gasteiger partial charge in [-0.25, -0.2) is 4.79 Å². The minimum absolute atomic E-state index is 0.697. The lowest BCUT2D eigenvalue weighted by Crippen LogP contribution is -2.27. The van der Waals surface area contributed by atoms with Crippen molar-refractivity contribution >= 4 is 5.97 Å². The Bertz CT molecular complexity index is 344. The molecule has 1 aromatic heterocycles. The van der Waals surface area contributed by atoms with E-state index in [0.29, 0.717) is 12.8 Å². The fourth-order valence-corrected chi connectivity index (χ4v) is 1.42. The van der Waals surface area contributed by atoms with Crippen molar-refractivity contribution in [3.05, 3.63) is 17.5 Å². The fraction of sp³-hybridized carbons (Fsp3) is 0.556. The zero-order valence-electron chi connectivity index (χ0n) is 7.74. The third-order valence-electron chi connectivity index (χ3n) is 2.70. The van der Waals surface area contributed by atoms with Crippen molar-refractivity contribution in [2.24, 2.45) is 0 Å². The summed E-state index contributed by atoms with van der Waals surface area (Å²) in [6, 6.07) is 0. The van der Waals surface area contributed by atoms with Crippen LogP contribution in [0.4, 0.5) is 0 Å². The molecule has 1 aliphatic carbocycles. The summed E-state index contributed by atoms with van der Waals surface area (Å²) in [4.78, 5) is 10.9. The summed E-state index contributed by atoms with van der Waals surface area (Å²) in [6.45, 7) is 3.83. The maximum atomic E-state index is 10.9. The molecule has 2 rings (SSSR count). The first-order chi connectivity index (χ1) is 6.06. The lowest BCUT2D eigenvalue weighted by Gasteiger charge is -2.09. The van der Waals surface area contributed by atoms with E-state index in [2.05, 4.69) is 5.10 Å². The summed E-state index contributed by atoms with van der Waals surface area (Å²) in [7, 11) is 0. The van der Waals surface area contributed by atoms with Crippen LogP contribution in [0.1, 0.15) is 24.1 Å². The number of hydrogen-bond donors (Lipinski definition) is 1. The minimum atomic E-state index is -0.769. The molecule has 4 nitrogen and oxygen atoms in total. The SMILES string of the molecule is Cc1cn(C2(C(=O)O)CC2)nc1C. The number of aromatic nitrogens is 2. The van der Waals surface area contributed by atoms with Gasteiger partial charge < -0.3 is 5.11 Å². The molecule has 0 atom stereocenters. The van der Waals surface area contributed by atoms with Crippen LogP contribution in [0.3, 0.4) is 0 Å². The molecule has 0 spiro atoms. The van der Waals surface area contributed by atoms with Crippen molar-refractivity contribution in [2.75, 3.05) is 0 Å². The Balaban J connectivity index is 2.41. The molecule has 0 aromatic carbocycles. The van der Waals surface area contributed by atoms with E-state index >= 15 is 0 Å². The Morgan fingerprint density at radius 1 is 1.62 bits per heavy atom. The van der Waals surface area contributed by atoms with Gasteiger partial charge in [0.05, 0.1) is 5.69 Å². The number of carboxylic acid groups (broad SMARTS) is 1. The van der Waals surface area contributed by atoms with Crippen LogP contribution in [0.5, 0.6) is 0 Å². The van der Waals surface area contributed by atoms with Crippen molar-refractivity contribution in [3.8, 4) is 0 Å². The lowest BCUT2D eigenvalue weighted by atomic mass is 10.3. The van der Waals surface area contributed by atoms with Crippen molar-refractivity contribution in [1.29, 1.82) is 0 Å². The number of carbonyl (C=O) groups is 1. The van der Waals surface area contributed by atoms with Gasteiger partial charge in [-0.3, -0.25) is 4.68 Å². The van der Waals surface area contributed by atoms with Crippen LogP contribution in [0.15, 0.2) is 6.20 Å². The van der Waals surface area contributed by atoms with E-state index in [1.807, 2.05) is 20.0 Å². The van der Waals surface area contributed by atoms with Gasteiger partial charge in [0.25, 0.3) is 0 Å². The van der Waals surface area contributed by atoms with Crippen molar-refractivity contribution in [2.45, 2.75) is 32.2 Å². The van der Waals surface area contributed by atoms with Gasteiger partial charge in [-0.05, 0) is 32.3 Å². The van der Waals surface area contributed by atoms with Crippen LogP contribution in [-0.4, -0.2) is 20.9 Å². The second-order valence-electron chi connectivity index (χ2n) is 3.68. The molecule has 70 valence electrons. The maximum absolute atomic E-state index is 10.9. The van der Waals surface area contributed by atoms with Crippen LogP contribution in [0.25, 0.3) is 0 Å². The third-order valence-corrected chi connectivity index (χ3v) is 2.70. The average molecular weight is 180 g/mol. The molecule has 0 aliphatic heterocycles. The molecule has 4 heteroatoms. The number of aliphatic carboxylic acids is 1. The van der Waals surface area contributed by atoms with E-state index in [1.165, 1.54) is 0 Å². The Hall–Kier alpha value is -1.32. The van der Waals surface area contributed by atoms with Gasteiger partial charge in [0.1, 0.15) is 0 Å². The molecule has 1 aliphatic rings. The van der Waals surface area contributed by atoms with Gasteiger partial charge in [0, 0.05) is 6.20 Å². The normalized spacial score (nSPS) is 18.6. The molecule has 0 radical (unpaired) electrons. The van der Waals surface area contributed by atoms with E-state index in [9.17, 15) is 4.79 Å². The molecule has 1 aromatic rings. The van der Waals surface area contributed by atoms with Gasteiger partial charge >= 0.3 is 5.97 Å². The smallest absolute Gasteiger partial charge is 0.331 e. The zero-order valence-corrected chi connectivity index (χ0v) is 7.74. The number of aryl methyl sites for hydroxylation is 2. The Labute approximate surface area is 76.2 Å². The summed E-state index contributed by atoms with van der Waals surface area (Å²) in [5.74, 6) is -0.769. The van der Waals surface area contributed by atoms with E-state index < -0.39 is 11.5 Å². The van der Waals surface area contributed by atoms with Crippen LogP contribution < -0.4 is 0 Å². The molecular weight excluding hydrogens is 168 g/mol. The molecule has 1 saturated carbocycles. The summed E-state index contributed by atoms with van der Waals surface area (Å²) in [5.41, 5.74) is 1.24. The van der Waals surface area contributed by atoms with Gasteiger partial charge in [0.2, 0.25) is 0 Å². The van der Waals surface area contributed by atoms with Crippen LogP contribution >= 0.6 is 0 Å². The average Bonchev–Trinajstić information content (AvgIpc) is 2.77. The summed E-state index contributed by atoms with van der Waals surface area (Å²) < 4.78 is 1.60. The maximum Gasteiger partial charge on any atom is 0.331 e. The number of carboxylic acids is 1. The van der Waals surface area contributed by atoms with E-state index in [0.717, 1.165) is 11.3 Å². The van der Waals surface area contributed by atoms with Gasteiger partial charge in [-0.15, -0.1) is 0 Å². The third kappa shape index (κ3) is 1.05. The predicted molar refractivity (Wildman–Crippen MR) is 46.5 cm³/mol. The summed E-state index contributed by atoms with van der Waals surface area (Å²) in [6.07, 6.45) is 3.21. The van der Waals surface area contributed by atoms with Crippen molar-refractivity contribution in [3.63, 3.8) is 0 Å². The highest BCUT2D eigenvalue weighted by Gasteiger charge is 2.53. The molecule has 1 fully saturated rings. The molecule has 0 unspecified atom stereocenters. The van der Waals surface area contributed by atoms with Crippen LogP contribution in [-0.2, 0) is 10.3 Å². The highest BCUT2D eigenvalue weighted by atomic mass is 16.4. The number of nitrogens with zero attached hydrogens (tertiary/aromatic N) is 2. The molecule has 1 N–H and O–H groups in total. The molecule has 0 bridgehead atoms. The van der Waals surface area contributed by atoms with Gasteiger partial charge in [0.15, 0.2) is 5.54 Å². The first-order valence-electron chi connectivity index (χ1n) is 4.33. The largest absolute Gasteiger partial charge is 0.479 e. The highest BCUT2D eigenvalue weighted by molar-refractivity contribution is 5.79. The van der Waals surface area contributed by atoms with Crippen LogP contribution in [0.2, 0.25) is 0 Å². The van der Waals surface area contributed by atoms with Gasteiger partial charge in [-0.1, -0.05) is 0 Å². The summed E-state index contributed by atoms with van der Waals surface area (Å²) in [5, 5.41) is 13.2. The second kappa shape index (κ2) is 2.34. The number of hydrogen-bond acceptors (Lipinski definition) is 2. The molecule has 1 heterocycles. The fourth-order valence-electron chi connectivity index (χ4n) is 1.42. The quantitative estimate of drug-likeness (QED) is 0.740. The zero-order chi connectivity index (χ0) is 9.64. The first-order valence-corrected chi connectivity index (χ1v) is 4.33. The standard InChI is InChI=1S/C9H12N2O2/c1-6-5-11(10-7(6)2)9(3-4-9)8(12)13/h5H,3-4H2,1-2H3,(H,12,13). The first kappa shape index (κ1) is 8.29. The lowest BCUT2D eigenvalue weighted by molar-refractivity contribution is -0.142.